The minimum absolute atomic E-state index is 0.0750. The summed E-state index contributed by atoms with van der Waals surface area (Å²) >= 11 is 11.6. The number of nitrogens with zero attached hydrogens (tertiary/aromatic N) is 3. The van der Waals surface area contributed by atoms with Crippen LogP contribution in [0.4, 0.5) is 13.2 Å². The molecule has 1 aromatic carbocycles. The second kappa shape index (κ2) is 7.92. The van der Waals surface area contributed by atoms with Crippen molar-refractivity contribution < 1.29 is 22.7 Å². The third-order valence-electron chi connectivity index (χ3n) is 3.86. The summed E-state index contributed by atoms with van der Waals surface area (Å²) in [5.74, 6) is -1.12. The lowest BCUT2D eigenvalue weighted by atomic mass is 10.2. The van der Waals surface area contributed by atoms with Gasteiger partial charge in [-0.3, -0.25) is 9.36 Å². The average molecular weight is 446 g/mol. The Morgan fingerprint density at radius 1 is 1.14 bits per heavy atom. The predicted molar refractivity (Wildman–Crippen MR) is 100 cm³/mol. The van der Waals surface area contributed by atoms with Crippen LogP contribution in [0.3, 0.4) is 0 Å². The van der Waals surface area contributed by atoms with E-state index in [1.807, 2.05) is 0 Å². The number of aromatic nitrogens is 3. The van der Waals surface area contributed by atoms with Crippen molar-refractivity contribution in [2.24, 2.45) is 0 Å². The van der Waals surface area contributed by atoms with Gasteiger partial charge in [0.05, 0.1) is 17.3 Å². The van der Waals surface area contributed by atoms with Crippen molar-refractivity contribution in [2.45, 2.75) is 13.1 Å². The highest BCUT2D eigenvalue weighted by atomic mass is 35.5. The molecule has 2 heterocycles. The van der Waals surface area contributed by atoms with E-state index in [4.69, 9.17) is 23.2 Å². The molecule has 11 heteroatoms. The van der Waals surface area contributed by atoms with Gasteiger partial charge >= 0.3 is 12.1 Å². The molecule has 3 rings (SSSR count). The third kappa shape index (κ3) is 4.15. The van der Waals surface area contributed by atoms with Gasteiger partial charge in [-0.05, 0) is 37.3 Å². The third-order valence-corrected chi connectivity index (χ3v) is 4.63. The first-order valence-corrected chi connectivity index (χ1v) is 8.90. The summed E-state index contributed by atoms with van der Waals surface area (Å²) in [6, 6.07) is 7.28. The van der Waals surface area contributed by atoms with Crippen LogP contribution < -0.4 is 5.56 Å². The Morgan fingerprint density at radius 3 is 2.34 bits per heavy atom. The minimum atomic E-state index is -4.83. The van der Waals surface area contributed by atoms with Crippen LogP contribution >= 0.6 is 23.2 Å². The van der Waals surface area contributed by atoms with Gasteiger partial charge < -0.3 is 4.74 Å². The zero-order valence-corrected chi connectivity index (χ0v) is 16.2. The minimum Gasteiger partial charge on any atom is -0.462 e. The largest absolute Gasteiger partial charge is 0.462 e. The zero-order valence-electron chi connectivity index (χ0n) is 14.7. The summed E-state index contributed by atoms with van der Waals surface area (Å²) in [7, 11) is 0. The zero-order chi connectivity index (χ0) is 21.3. The number of rotatable bonds is 4. The summed E-state index contributed by atoms with van der Waals surface area (Å²) < 4.78 is 46.5. The summed E-state index contributed by atoms with van der Waals surface area (Å²) in [6.07, 6.45) is -2.47. The van der Waals surface area contributed by atoms with Gasteiger partial charge in [0, 0.05) is 18.1 Å². The van der Waals surface area contributed by atoms with Crippen molar-refractivity contribution in [1.29, 1.82) is 0 Å². The first-order chi connectivity index (χ1) is 13.6. The highest BCUT2D eigenvalue weighted by Crippen LogP contribution is 2.32. The fourth-order valence-corrected chi connectivity index (χ4v) is 2.82. The SMILES string of the molecule is CCOC(=O)c1cn(-c2ccc(-n3ccc(Cl)c(Cl)c3=O)cc2)nc1C(F)(F)F. The van der Waals surface area contributed by atoms with Crippen LogP contribution in [0.25, 0.3) is 11.4 Å². The summed E-state index contributed by atoms with van der Waals surface area (Å²) in [5.41, 5.74) is -1.94. The molecule has 6 nitrogen and oxygen atoms in total. The van der Waals surface area contributed by atoms with Gasteiger partial charge in [-0.25, -0.2) is 9.48 Å². The van der Waals surface area contributed by atoms with Crippen LogP contribution in [0, 0.1) is 0 Å². The van der Waals surface area contributed by atoms with E-state index < -0.39 is 29.0 Å². The lowest BCUT2D eigenvalue weighted by Gasteiger charge is -2.08. The monoisotopic (exact) mass is 445 g/mol. The molecule has 0 bridgehead atoms. The molecule has 0 aliphatic heterocycles. The van der Waals surface area contributed by atoms with Crippen molar-refractivity contribution in [1.82, 2.24) is 14.3 Å². The standard InChI is InChI=1S/C18H12Cl2F3N3O3/c1-2-29-17(28)12-9-26(24-15(12)18(21,22)23)11-5-3-10(4-6-11)25-8-7-13(19)14(20)16(25)27/h3-9H,2H2,1H3. The highest BCUT2D eigenvalue weighted by molar-refractivity contribution is 6.41. The molecule has 0 amide bonds. The van der Waals surface area contributed by atoms with Crippen LogP contribution in [-0.4, -0.2) is 26.9 Å². The number of esters is 1. The number of carbonyl (C=O) groups excluding carboxylic acids is 1. The molecule has 0 atom stereocenters. The summed E-state index contributed by atoms with van der Waals surface area (Å²) in [5, 5.41) is 3.43. The second-order valence-electron chi connectivity index (χ2n) is 5.72. The van der Waals surface area contributed by atoms with Gasteiger partial charge in [0.2, 0.25) is 0 Å². The Morgan fingerprint density at radius 2 is 1.76 bits per heavy atom. The summed E-state index contributed by atoms with van der Waals surface area (Å²) in [4.78, 5) is 24.0. The first-order valence-electron chi connectivity index (χ1n) is 8.15. The quantitative estimate of drug-likeness (QED) is 0.553. The number of pyridine rings is 1. The topological polar surface area (TPSA) is 66.1 Å². The molecule has 0 fully saturated rings. The number of hydrogen-bond donors (Lipinski definition) is 0. The molecular weight excluding hydrogens is 434 g/mol. The molecule has 0 aliphatic rings. The Hall–Kier alpha value is -2.78. The fourth-order valence-electron chi connectivity index (χ4n) is 2.53. The Bertz CT molecular complexity index is 1120. The van der Waals surface area contributed by atoms with E-state index in [9.17, 15) is 22.8 Å². The molecule has 3 aromatic rings. The predicted octanol–water partition coefficient (Wildman–Crippen LogP) is 4.53. The van der Waals surface area contributed by atoms with E-state index in [-0.39, 0.29) is 22.3 Å². The van der Waals surface area contributed by atoms with Gasteiger partial charge in [0.25, 0.3) is 5.56 Å². The van der Waals surface area contributed by atoms with Gasteiger partial charge in [0.1, 0.15) is 10.6 Å². The first kappa shape index (κ1) is 20.9. The molecule has 0 spiro atoms. The molecular formula is C18H12Cl2F3N3O3. The van der Waals surface area contributed by atoms with Crippen molar-refractivity contribution in [3.05, 3.63) is 74.4 Å². The molecule has 0 N–H and O–H groups in total. The van der Waals surface area contributed by atoms with E-state index >= 15 is 0 Å². The number of carbonyl (C=O) groups is 1. The van der Waals surface area contributed by atoms with E-state index in [0.717, 1.165) is 10.9 Å². The van der Waals surface area contributed by atoms with Gasteiger partial charge in [-0.2, -0.15) is 18.3 Å². The van der Waals surface area contributed by atoms with Crippen LogP contribution in [0.15, 0.2) is 47.5 Å². The fraction of sp³-hybridized carbons (Fsp3) is 0.167. The van der Waals surface area contributed by atoms with Crippen LogP contribution in [0.5, 0.6) is 0 Å². The maximum atomic E-state index is 13.2. The van der Waals surface area contributed by atoms with Gasteiger partial charge in [-0.1, -0.05) is 23.2 Å². The smallest absolute Gasteiger partial charge is 0.436 e. The number of alkyl halides is 3. The van der Waals surface area contributed by atoms with Crippen molar-refractivity contribution in [3.63, 3.8) is 0 Å². The normalized spacial score (nSPS) is 11.5. The average Bonchev–Trinajstić information content (AvgIpc) is 3.13. The Labute approximate surface area is 172 Å². The Balaban J connectivity index is 2.01. The van der Waals surface area contributed by atoms with Crippen LogP contribution in [0.1, 0.15) is 23.0 Å². The Kier molecular flexibility index (Phi) is 5.72. The number of ether oxygens (including phenoxy) is 1. The number of halogens is 5. The van der Waals surface area contributed by atoms with E-state index in [2.05, 4.69) is 9.84 Å². The molecule has 152 valence electrons. The maximum Gasteiger partial charge on any atom is 0.436 e. The van der Waals surface area contributed by atoms with E-state index in [0.29, 0.717) is 5.69 Å². The van der Waals surface area contributed by atoms with Gasteiger partial charge in [-0.15, -0.1) is 0 Å². The lowest BCUT2D eigenvalue weighted by molar-refractivity contribution is -0.141. The van der Waals surface area contributed by atoms with Gasteiger partial charge in [0.15, 0.2) is 5.69 Å². The number of hydrogen-bond acceptors (Lipinski definition) is 4. The maximum absolute atomic E-state index is 13.2. The molecule has 0 unspecified atom stereocenters. The summed E-state index contributed by atoms with van der Waals surface area (Å²) in [6.45, 7) is 1.41. The van der Waals surface area contributed by atoms with Crippen molar-refractivity contribution >= 4 is 29.2 Å². The molecule has 0 radical (unpaired) electrons. The molecule has 29 heavy (non-hydrogen) atoms. The second-order valence-corrected chi connectivity index (χ2v) is 6.51. The highest BCUT2D eigenvalue weighted by Gasteiger charge is 2.39. The number of benzene rings is 1. The van der Waals surface area contributed by atoms with Crippen LogP contribution in [-0.2, 0) is 10.9 Å². The molecule has 0 saturated heterocycles. The molecule has 0 aliphatic carbocycles. The van der Waals surface area contributed by atoms with Crippen molar-refractivity contribution in [2.75, 3.05) is 6.61 Å². The molecule has 0 saturated carbocycles. The van der Waals surface area contributed by atoms with Crippen molar-refractivity contribution in [3.8, 4) is 11.4 Å². The molecule has 2 aromatic heterocycles. The van der Waals surface area contributed by atoms with E-state index in [1.54, 1.807) is 0 Å². The van der Waals surface area contributed by atoms with Crippen LogP contribution in [0.2, 0.25) is 10.0 Å². The lowest BCUT2D eigenvalue weighted by Crippen LogP contribution is -2.18. The van der Waals surface area contributed by atoms with E-state index in [1.165, 1.54) is 48.0 Å².